The predicted octanol–water partition coefficient (Wildman–Crippen LogP) is 1.69. The van der Waals surface area contributed by atoms with Crippen LogP contribution in [0.15, 0.2) is 29.3 Å². The van der Waals surface area contributed by atoms with Crippen LogP contribution >= 0.6 is 0 Å². The average Bonchev–Trinajstić information content (AvgIpc) is 3.43. The van der Waals surface area contributed by atoms with Gasteiger partial charge in [-0.1, -0.05) is 18.2 Å². The van der Waals surface area contributed by atoms with Gasteiger partial charge in [-0.05, 0) is 43.2 Å². The lowest BCUT2D eigenvalue weighted by Crippen LogP contribution is -2.45. The van der Waals surface area contributed by atoms with E-state index >= 15 is 0 Å². The van der Waals surface area contributed by atoms with Crippen LogP contribution in [0.3, 0.4) is 0 Å². The molecule has 1 heterocycles. The van der Waals surface area contributed by atoms with Crippen molar-refractivity contribution in [3.8, 4) is 0 Å². The summed E-state index contributed by atoms with van der Waals surface area (Å²) in [7, 11) is -1.36. The molecule has 1 aromatic rings. The third-order valence-corrected chi connectivity index (χ3v) is 7.02. The Kier molecular flexibility index (Phi) is 6.05. The molecular formula is C19H29FN4O2S. The summed E-state index contributed by atoms with van der Waals surface area (Å²) in [6.45, 7) is 2.56. The highest BCUT2D eigenvalue weighted by molar-refractivity contribution is 7.88. The lowest BCUT2D eigenvalue weighted by Gasteiger charge is -2.30. The molecule has 2 fully saturated rings. The highest BCUT2D eigenvalue weighted by atomic mass is 32.2. The molecule has 2 aliphatic rings. The topological polar surface area (TPSA) is 73.8 Å². The minimum absolute atomic E-state index is 0.135. The number of nitrogens with zero attached hydrogens (tertiary/aromatic N) is 2. The van der Waals surface area contributed by atoms with Gasteiger partial charge in [0, 0.05) is 38.6 Å². The summed E-state index contributed by atoms with van der Waals surface area (Å²) in [5.74, 6) is 0.989. The highest BCUT2D eigenvalue weighted by Gasteiger charge is 2.45. The van der Waals surface area contributed by atoms with E-state index in [1.54, 1.807) is 17.4 Å². The molecule has 2 N–H and O–H groups in total. The Morgan fingerprint density at radius 3 is 2.48 bits per heavy atom. The Hall–Kier alpha value is -1.67. The molecular weight excluding hydrogens is 367 g/mol. The fourth-order valence-electron chi connectivity index (χ4n) is 3.74. The molecule has 27 heavy (non-hydrogen) atoms. The summed E-state index contributed by atoms with van der Waals surface area (Å²) < 4.78 is 38.8. The Morgan fingerprint density at radius 2 is 1.93 bits per heavy atom. The van der Waals surface area contributed by atoms with Crippen molar-refractivity contribution in [2.24, 2.45) is 10.9 Å². The molecule has 1 saturated carbocycles. The third-order valence-electron chi connectivity index (χ3n) is 5.72. The Labute approximate surface area is 161 Å². The van der Waals surface area contributed by atoms with Crippen molar-refractivity contribution >= 4 is 16.0 Å². The van der Waals surface area contributed by atoms with E-state index in [9.17, 15) is 12.8 Å². The number of benzene rings is 1. The van der Waals surface area contributed by atoms with E-state index in [4.69, 9.17) is 0 Å². The van der Waals surface area contributed by atoms with Crippen LogP contribution in [0.5, 0.6) is 0 Å². The minimum Gasteiger partial charge on any atom is -0.356 e. The monoisotopic (exact) mass is 396 g/mol. The number of nitrogens with one attached hydrogen (secondary N) is 2. The first-order chi connectivity index (χ1) is 12.8. The highest BCUT2D eigenvalue weighted by Crippen LogP contribution is 2.48. The van der Waals surface area contributed by atoms with Crippen molar-refractivity contribution in [1.29, 1.82) is 0 Å². The second-order valence-corrected chi connectivity index (χ2v) is 9.65. The Balaban J connectivity index is 1.46. The summed E-state index contributed by atoms with van der Waals surface area (Å²) in [6.07, 6.45) is 4.90. The summed E-state index contributed by atoms with van der Waals surface area (Å²) in [4.78, 5) is 4.27. The number of rotatable bonds is 6. The molecule has 1 aliphatic carbocycles. The maximum atomic E-state index is 14.1. The lowest BCUT2D eigenvalue weighted by molar-refractivity contribution is 0.274. The molecule has 0 aromatic heterocycles. The van der Waals surface area contributed by atoms with Gasteiger partial charge in [-0.15, -0.1) is 0 Å². The summed E-state index contributed by atoms with van der Waals surface area (Å²) in [5.41, 5.74) is 0.644. The standard InChI is InChI=1S/C19H29FN4O2S/c1-21-18(22-13-15-7-11-24(12-8-15)27(2,25)26)23-14-19(9-10-19)16-5-3-4-6-17(16)20/h3-6,15H,7-14H2,1-2H3,(H2,21,22,23). The van der Waals surface area contributed by atoms with Gasteiger partial charge in [-0.3, -0.25) is 4.99 Å². The number of piperidine rings is 1. The first-order valence-electron chi connectivity index (χ1n) is 9.49. The first kappa shape index (κ1) is 20.1. The van der Waals surface area contributed by atoms with Crippen molar-refractivity contribution < 1.29 is 12.8 Å². The molecule has 0 radical (unpaired) electrons. The molecule has 1 saturated heterocycles. The second-order valence-electron chi connectivity index (χ2n) is 7.67. The van der Waals surface area contributed by atoms with Crippen LogP contribution in [0, 0.1) is 11.7 Å². The van der Waals surface area contributed by atoms with Crippen LogP contribution in [-0.4, -0.2) is 58.2 Å². The smallest absolute Gasteiger partial charge is 0.211 e. The lowest BCUT2D eigenvalue weighted by atomic mass is 9.95. The molecule has 3 rings (SSSR count). The fourth-order valence-corrected chi connectivity index (χ4v) is 4.62. The molecule has 0 amide bonds. The van der Waals surface area contributed by atoms with Crippen LogP contribution in [-0.2, 0) is 15.4 Å². The zero-order chi connectivity index (χ0) is 19.5. The van der Waals surface area contributed by atoms with Gasteiger partial charge >= 0.3 is 0 Å². The second kappa shape index (κ2) is 8.14. The molecule has 1 aromatic carbocycles. The van der Waals surface area contributed by atoms with Gasteiger partial charge in [0.05, 0.1) is 6.26 Å². The van der Waals surface area contributed by atoms with Gasteiger partial charge in [0.25, 0.3) is 0 Å². The predicted molar refractivity (Wildman–Crippen MR) is 106 cm³/mol. The van der Waals surface area contributed by atoms with Crippen molar-refractivity contribution in [2.75, 3.05) is 39.5 Å². The van der Waals surface area contributed by atoms with Crippen LogP contribution in [0.2, 0.25) is 0 Å². The quantitative estimate of drug-likeness (QED) is 0.567. The van der Waals surface area contributed by atoms with Crippen LogP contribution in [0.1, 0.15) is 31.2 Å². The number of aliphatic imine (C=N–C) groups is 1. The summed E-state index contributed by atoms with van der Waals surface area (Å²) in [6, 6.07) is 6.99. The van der Waals surface area contributed by atoms with E-state index in [1.807, 2.05) is 12.1 Å². The molecule has 0 spiro atoms. The van der Waals surface area contributed by atoms with Crippen molar-refractivity contribution in [3.63, 3.8) is 0 Å². The third kappa shape index (κ3) is 4.99. The van der Waals surface area contributed by atoms with Gasteiger partial charge in [0.2, 0.25) is 10.0 Å². The van der Waals surface area contributed by atoms with Crippen LogP contribution in [0.4, 0.5) is 4.39 Å². The molecule has 8 heteroatoms. The number of sulfonamides is 1. The number of hydrogen-bond acceptors (Lipinski definition) is 3. The number of guanidine groups is 1. The van der Waals surface area contributed by atoms with E-state index in [0.717, 1.165) is 37.8 Å². The largest absolute Gasteiger partial charge is 0.356 e. The van der Waals surface area contributed by atoms with Gasteiger partial charge in [0.15, 0.2) is 5.96 Å². The molecule has 0 bridgehead atoms. The van der Waals surface area contributed by atoms with E-state index < -0.39 is 10.0 Å². The van der Waals surface area contributed by atoms with Gasteiger partial charge < -0.3 is 10.6 Å². The molecule has 0 unspecified atom stereocenters. The number of hydrogen-bond donors (Lipinski definition) is 2. The zero-order valence-electron chi connectivity index (χ0n) is 16.0. The zero-order valence-corrected chi connectivity index (χ0v) is 16.9. The van der Waals surface area contributed by atoms with Gasteiger partial charge in [0.1, 0.15) is 5.82 Å². The van der Waals surface area contributed by atoms with E-state index in [1.165, 1.54) is 12.3 Å². The fraction of sp³-hybridized carbons (Fsp3) is 0.632. The van der Waals surface area contributed by atoms with Crippen LogP contribution in [0.25, 0.3) is 0 Å². The minimum atomic E-state index is -3.09. The SMILES string of the molecule is CN=C(NCC1CCN(S(C)(=O)=O)CC1)NCC1(c2ccccc2F)CC1. The average molecular weight is 397 g/mol. The van der Waals surface area contributed by atoms with E-state index in [2.05, 4.69) is 15.6 Å². The maximum absolute atomic E-state index is 14.1. The van der Waals surface area contributed by atoms with Gasteiger partial charge in [-0.25, -0.2) is 17.1 Å². The van der Waals surface area contributed by atoms with Crippen LogP contribution < -0.4 is 10.6 Å². The Bertz CT molecular complexity index is 785. The molecule has 150 valence electrons. The molecule has 1 aliphatic heterocycles. The molecule has 0 atom stereocenters. The number of halogens is 1. The van der Waals surface area contributed by atoms with Gasteiger partial charge in [-0.2, -0.15) is 0 Å². The normalized spacial score (nSPS) is 21.1. The Morgan fingerprint density at radius 1 is 1.26 bits per heavy atom. The first-order valence-corrected chi connectivity index (χ1v) is 11.3. The van der Waals surface area contributed by atoms with Crippen molar-refractivity contribution in [3.05, 3.63) is 35.6 Å². The molecule has 6 nitrogen and oxygen atoms in total. The maximum Gasteiger partial charge on any atom is 0.211 e. The van der Waals surface area contributed by atoms with E-state index in [-0.39, 0.29) is 11.2 Å². The van der Waals surface area contributed by atoms with E-state index in [0.29, 0.717) is 31.5 Å². The summed E-state index contributed by atoms with van der Waals surface area (Å²) >= 11 is 0. The van der Waals surface area contributed by atoms with Crippen molar-refractivity contribution in [1.82, 2.24) is 14.9 Å². The van der Waals surface area contributed by atoms with Crippen molar-refractivity contribution in [2.45, 2.75) is 31.1 Å². The summed E-state index contributed by atoms with van der Waals surface area (Å²) in [5, 5.41) is 6.67.